The second-order valence-electron chi connectivity index (χ2n) is 11.1. The van der Waals surface area contributed by atoms with Crippen molar-refractivity contribution in [2.24, 2.45) is 0 Å². The third kappa shape index (κ3) is 4.78. The molecular weight excluding hydrogens is 482 g/mol. The average Bonchev–Trinajstić information content (AvgIpc) is 3.37. The van der Waals surface area contributed by atoms with E-state index in [4.69, 9.17) is 9.97 Å². The minimum Gasteiger partial charge on any atom is -0.352 e. The van der Waals surface area contributed by atoms with Gasteiger partial charge in [0.05, 0.1) is 5.39 Å². The number of fused-ring (bicyclic) bond motifs is 1. The Labute approximate surface area is 229 Å². The predicted molar refractivity (Wildman–Crippen MR) is 158 cm³/mol. The molecule has 0 spiro atoms. The molecule has 6 heteroatoms. The van der Waals surface area contributed by atoms with Crippen molar-refractivity contribution in [3.05, 3.63) is 109 Å². The van der Waals surface area contributed by atoms with Gasteiger partial charge in [0.2, 0.25) is 0 Å². The van der Waals surface area contributed by atoms with Crippen LogP contribution in [-0.4, -0.2) is 51.5 Å². The van der Waals surface area contributed by atoms with E-state index in [1.807, 2.05) is 41.3 Å². The van der Waals surface area contributed by atoms with E-state index >= 15 is 0 Å². The monoisotopic (exact) mass is 515 g/mol. The van der Waals surface area contributed by atoms with Crippen molar-refractivity contribution < 1.29 is 4.79 Å². The van der Waals surface area contributed by atoms with E-state index in [1.165, 1.54) is 5.56 Å². The van der Waals surface area contributed by atoms with Crippen molar-refractivity contribution in [3.63, 3.8) is 0 Å². The number of carbonyl (C=O) groups is 1. The number of aromatic nitrogens is 3. The molecule has 0 atom stereocenters. The van der Waals surface area contributed by atoms with Crippen LogP contribution >= 0.6 is 0 Å². The van der Waals surface area contributed by atoms with Gasteiger partial charge in [0, 0.05) is 49.2 Å². The number of para-hydroxylation sites is 1. The number of hydrogen-bond donors (Lipinski definition) is 0. The molecule has 3 aromatic carbocycles. The van der Waals surface area contributed by atoms with Crippen LogP contribution in [0.2, 0.25) is 0 Å². The molecule has 1 aliphatic rings. The lowest BCUT2D eigenvalue weighted by molar-refractivity contribution is 0.0746. The maximum absolute atomic E-state index is 13.3. The summed E-state index contributed by atoms with van der Waals surface area (Å²) in [4.78, 5) is 27.0. The minimum atomic E-state index is 0.0636. The number of hydrogen-bond acceptors (Lipinski definition) is 4. The van der Waals surface area contributed by atoms with E-state index in [9.17, 15) is 4.79 Å². The Hall–Kier alpha value is -4.45. The molecule has 39 heavy (non-hydrogen) atoms. The molecule has 1 amide bonds. The highest BCUT2D eigenvalue weighted by Gasteiger charge is 2.26. The molecule has 6 nitrogen and oxygen atoms in total. The lowest BCUT2D eigenvalue weighted by atomic mass is 9.86. The number of piperazine rings is 1. The Morgan fingerprint density at radius 2 is 1.41 bits per heavy atom. The van der Waals surface area contributed by atoms with E-state index in [1.54, 1.807) is 6.33 Å². The molecule has 6 rings (SSSR count). The summed E-state index contributed by atoms with van der Waals surface area (Å²) >= 11 is 0. The standard InChI is InChI=1S/C33H33N5O/c1-33(2,3)26-16-14-25(15-17-26)32(39)37-20-18-36(19-21-37)30-29-28(24-10-6-4-7-11-24)22-38(31(29)35-23-34-30)27-12-8-5-9-13-27/h4-17,22-23H,18-21H2,1-3H3. The quantitative estimate of drug-likeness (QED) is 0.280. The third-order valence-corrected chi connectivity index (χ3v) is 7.55. The first kappa shape index (κ1) is 24.9. The molecule has 1 fully saturated rings. The van der Waals surface area contributed by atoms with E-state index < -0.39 is 0 Å². The molecule has 1 aliphatic heterocycles. The van der Waals surface area contributed by atoms with Gasteiger partial charge in [0.15, 0.2) is 5.65 Å². The summed E-state index contributed by atoms with van der Waals surface area (Å²) in [6.45, 7) is 9.27. The van der Waals surface area contributed by atoms with Crippen LogP contribution in [0.4, 0.5) is 5.82 Å². The first-order valence-electron chi connectivity index (χ1n) is 13.5. The average molecular weight is 516 g/mol. The summed E-state index contributed by atoms with van der Waals surface area (Å²) in [6.07, 6.45) is 3.81. The number of anilines is 1. The zero-order valence-electron chi connectivity index (χ0n) is 22.7. The fourth-order valence-corrected chi connectivity index (χ4v) is 5.32. The molecule has 196 valence electrons. The van der Waals surface area contributed by atoms with Gasteiger partial charge in [-0.3, -0.25) is 4.79 Å². The molecule has 0 N–H and O–H groups in total. The normalized spacial score (nSPS) is 14.1. The SMILES string of the molecule is CC(C)(C)c1ccc(C(=O)N2CCN(c3ncnc4c3c(-c3ccccc3)cn4-c3ccccc3)CC2)cc1. The van der Waals surface area contributed by atoms with Gasteiger partial charge in [-0.2, -0.15) is 0 Å². The van der Waals surface area contributed by atoms with Gasteiger partial charge in [-0.25, -0.2) is 9.97 Å². The van der Waals surface area contributed by atoms with E-state index in [0.717, 1.165) is 39.2 Å². The highest BCUT2D eigenvalue weighted by Crippen LogP contribution is 2.37. The first-order valence-corrected chi connectivity index (χ1v) is 13.5. The van der Waals surface area contributed by atoms with Gasteiger partial charge < -0.3 is 14.4 Å². The molecule has 0 bridgehead atoms. The molecular formula is C33H33N5O. The molecule has 0 aliphatic carbocycles. The number of nitrogens with zero attached hydrogens (tertiary/aromatic N) is 5. The molecule has 0 radical (unpaired) electrons. The molecule has 2 aromatic heterocycles. The summed E-state index contributed by atoms with van der Waals surface area (Å²) in [7, 11) is 0. The largest absolute Gasteiger partial charge is 0.352 e. The summed E-state index contributed by atoms with van der Waals surface area (Å²) in [5.74, 6) is 0.998. The van der Waals surface area contributed by atoms with Crippen LogP contribution < -0.4 is 4.90 Å². The van der Waals surface area contributed by atoms with Crippen LogP contribution in [0.15, 0.2) is 97.5 Å². The van der Waals surface area contributed by atoms with Gasteiger partial charge in [0.1, 0.15) is 12.1 Å². The Bertz CT molecular complexity index is 1590. The molecule has 1 saturated heterocycles. The van der Waals surface area contributed by atoms with E-state index in [-0.39, 0.29) is 11.3 Å². The zero-order chi connectivity index (χ0) is 27.0. The fraction of sp³-hybridized carbons (Fsp3) is 0.242. The molecule has 3 heterocycles. The van der Waals surface area contributed by atoms with E-state index in [2.05, 4.69) is 85.0 Å². The molecule has 5 aromatic rings. The van der Waals surface area contributed by atoms with Gasteiger partial charge in [0.25, 0.3) is 5.91 Å². The smallest absolute Gasteiger partial charge is 0.253 e. The van der Waals surface area contributed by atoms with Crippen molar-refractivity contribution in [2.45, 2.75) is 26.2 Å². The topological polar surface area (TPSA) is 54.3 Å². The van der Waals surface area contributed by atoms with Crippen molar-refractivity contribution in [3.8, 4) is 16.8 Å². The van der Waals surface area contributed by atoms with Crippen molar-refractivity contribution in [1.29, 1.82) is 0 Å². The van der Waals surface area contributed by atoms with Crippen LogP contribution in [0.25, 0.3) is 27.8 Å². The maximum atomic E-state index is 13.3. The zero-order valence-corrected chi connectivity index (χ0v) is 22.7. The van der Waals surface area contributed by atoms with Crippen LogP contribution in [-0.2, 0) is 5.41 Å². The highest BCUT2D eigenvalue weighted by molar-refractivity contribution is 6.02. The van der Waals surface area contributed by atoms with Gasteiger partial charge in [-0.05, 0) is 40.8 Å². The van der Waals surface area contributed by atoms with Gasteiger partial charge in [-0.1, -0.05) is 81.4 Å². The summed E-state index contributed by atoms with van der Waals surface area (Å²) < 4.78 is 2.14. The van der Waals surface area contributed by atoms with Gasteiger partial charge >= 0.3 is 0 Å². The van der Waals surface area contributed by atoms with Crippen LogP contribution in [0, 0.1) is 0 Å². The number of benzene rings is 3. The summed E-state index contributed by atoms with van der Waals surface area (Å²) in [5, 5.41) is 1.03. The predicted octanol–water partition coefficient (Wildman–Crippen LogP) is 6.35. The Kier molecular flexibility index (Phi) is 6.39. The number of carbonyl (C=O) groups excluding carboxylic acids is 1. The second kappa shape index (κ2) is 10.0. The Morgan fingerprint density at radius 3 is 2.05 bits per heavy atom. The highest BCUT2D eigenvalue weighted by atomic mass is 16.2. The Morgan fingerprint density at radius 1 is 0.769 bits per heavy atom. The van der Waals surface area contributed by atoms with Gasteiger partial charge in [-0.15, -0.1) is 0 Å². The van der Waals surface area contributed by atoms with Crippen LogP contribution in [0.1, 0.15) is 36.7 Å². The maximum Gasteiger partial charge on any atom is 0.253 e. The lowest BCUT2D eigenvalue weighted by Gasteiger charge is -2.35. The van der Waals surface area contributed by atoms with Crippen molar-refractivity contribution in [2.75, 3.05) is 31.1 Å². The Balaban J connectivity index is 1.30. The minimum absolute atomic E-state index is 0.0636. The third-order valence-electron chi connectivity index (χ3n) is 7.55. The molecule has 0 unspecified atom stereocenters. The lowest BCUT2D eigenvalue weighted by Crippen LogP contribution is -2.49. The molecule has 0 saturated carbocycles. The second-order valence-corrected chi connectivity index (χ2v) is 11.1. The van der Waals surface area contributed by atoms with Crippen molar-refractivity contribution in [1.82, 2.24) is 19.4 Å². The van der Waals surface area contributed by atoms with Crippen LogP contribution in [0.5, 0.6) is 0 Å². The number of rotatable bonds is 4. The van der Waals surface area contributed by atoms with Crippen molar-refractivity contribution >= 4 is 22.8 Å². The van der Waals surface area contributed by atoms with Crippen LogP contribution in [0.3, 0.4) is 0 Å². The summed E-state index contributed by atoms with van der Waals surface area (Å²) in [6, 6.07) is 28.8. The summed E-state index contributed by atoms with van der Waals surface area (Å²) in [5.41, 5.74) is 6.20. The van der Waals surface area contributed by atoms with E-state index in [0.29, 0.717) is 26.2 Å². The fourth-order valence-electron chi connectivity index (χ4n) is 5.32. The first-order chi connectivity index (χ1) is 18.9. The number of amides is 1.